The van der Waals surface area contributed by atoms with Gasteiger partial charge in [-0.1, -0.05) is 48.0 Å². The van der Waals surface area contributed by atoms with E-state index in [-0.39, 0.29) is 30.8 Å². The number of nitrogens with one attached hydrogen (secondary N) is 2. The number of amides is 4. The molecule has 0 spiro atoms. The molecule has 3 aromatic rings. The van der Waals surface area contributed by atoms with Crippen LogP contribution in [0.1, 0.15) is 45.1 Å². The Balaban J connectivity index is 1.35. The third-order valence-electron chi connectivity index (χ3n) is 5.40. The van der Waals surface area contributed by atoms with Gasteiger partial charge in [-0.05, 0) is 41.8 Å². The van der Waals surface area contributed by atoms with Gasteiger partial charge >= 0.3 is 6.03 Å². The van der Waals surface area contributed by atoms with Crippen LogP contribution in [0.5, 0.6) is 0 Å². The molecule has 1 aliphatic heterocycles. The van der Waals surface area contributed by atoms with Crippen LogP contribution in [-0.4, -0.2) is 27.7 Å². The number of hydrogen-bond donors (Lipinski definition) is 2. The Labute approximate surface area is 186 Å². The molecule has 0 radical (unpaired) electrons. The lowest BCUT2D eigenvalue weighted by atomic mass is 9.99. The van der Waals surface area contributed by atoms with Crippen LogP contribution in [0.2, 0.25) is 0 Å². The Kier molecular flexibility index (Phi) is 6.26. The van der Waals surface area contributed by atoms with Gasteiger partial charge in [0.05, 0.1) is 19.0 Å². The van der Waals surface area contributed by atoms with Crippen LogP contribution in [0.25, 0.3) is 0 Å². The van der Waals surface area contributed by atoms with Gasteiger partial charge in [-0.25, -0.2) is 4.79 Å². The van der Waals surface area contributed by atoms with Crippen molar-refractivity contribution in [3.05, 3.63) is 101 Å². The van der Waals surface area contributed by atoms with E-state index in [0.717, 1.165) is 22.3 Å². The van der Waals surface area contributed by atoms with Gasteiger partial charge in [-0.15, -0.1) is 0 Å². The van der Waals surface area contributed by atoms with E-state index in [9.17, 15) is 14.4 Å². The van der Waals surface area contributed by atoms with E-state index in [1.165, 1.54) is 4.90 Å². The average Bonchev–Trinajstić information content (AvgIpc) is 2.81. The summed E-state index contributed by atoms with van der Waals surface area (Å²) < 4.78 is 0. The Bertz CT molecular complexity index is 1110. The maximum absolute atomic E-state index is 12.7. The van der Waals surface area contributed by atoms with Gasteiger partial charge in [0, 0.05) is 24.5 Å². The number of carbonyl (C=O) groups is 3. The fourth-order valence-corrected chi connectivity index (χ4v) is 3.66. The van der Waals surface area contributed by atoms with Crippen molar-refractivity contribution in [3.63, 3.8) is 0 Å². The fraction of sp³-hybridized carbons (Fsp3) is 0.200. The number of hydrogen-bond acceptors (Lipinski definition) is 4. The maximum atomic E-state index is 12.7. The van der Waals surface area contributed by atoms with E-state index in [2.05, 4.69) is 15.6 Å². The minimum atomic E-state index is -0.411. The normalized spacial score (nSPS) is 15.9. The first-order valence-electron chi connectivity index (χ1n) is 10.4. The van der Waals surface area contributed by atoms with Gasteiger partial charge in [-0.2, -0.15) is 0 Å². The predicted octanol–water partition coefficient (Wildman–Crippen LogP) is 3.50. The fourth-order valence-electron chi connectivity index (χ4n) is 3.66. The molecule has 32 heavy (non-hydrogen) atoms. The molecule has 1 saturated heterocycles. The molecule has 1 fully saturated rings. The molecule has 7 nitrogen and oxygen atoms in total. The second kappa shape index (κ2) is 9.43. The highest BCUT2D eigenvalue weighted by molar-refractivity contribution is 5.97. The quantitative estimate of drug-likeness (QED) is 0.629. The first kappa shape index (κ1) is 21.2. The number of nitrogens with zero attached hydrogens (tertiary/aromatic N) is 2. The highest BCUT2D eigenvalue weighted by Gasteiger charge is 2.32. The topological polar surface area (TPSA) is 91.4 Å². The van der Waals surface area contributed by atoms with E-state index in [4.69, 9.17) is 0 Å². The molecular weight excluding hydrogens is 404 g/mol. The number of carbonyl (C=O) groups excluding carboxylic acids is 3. The van der Waals surface area contributed by atoms with E-state index in [1.54, 1.807) is 36.7 Å². The second-order valence-corrected chi connectivity index (χ2v) is 7.84. The zero-order chi connectivity index (χ0) is 22.5. The monoisotopic (exact) mass is 428 g/mol. The SMILES string of the molecule is Cc1cccc(C2CC(=O)N(Cc3ccc(C(=O)NCc4cccnc4)cc3)C(=O)N2)c1. The highest BCUT2D eigenvalue weighted by Crippen LogP contribution is 2.24. The Morgan fingerprint density at radius 3 is 2.59 bits per heavy atom. The van der Waals surface area contributed by atoms with Crippen LogP contribution in [0, 0.1) is 6.92 Å². The molecular formula is C25H24N4O3. The lowest BCUT2D eigenvalue weighted by molar-refractivity contribution is -0.130. The van der Waals surface area contributed by atoms with Crippen LogP contribution in [0.15, 0.2) is 73.1 Å². The minimum Gasteiger partial charge on any atom is -0.348 e. The van der Waals surface area contributed by atoms with Crippen molar-refractivity contribution in [1.82, 2.24) is 20.5 Å². The lowest BCUT2D eigenvalue weighted by Gasteiger charge is -2.31. The third-order valence-corrected chi connectivity index (χ3v) is 5.40. The maximum Gasteiger partial charge on any atom is 0.324 e. The summed E-state index contributed by atoms with van der Waals surface area (Å²) in [7, 11) is 0. The molecule has 4 amide bonds. The number of aromatic nitrogens is 1. The summed E-state index contributed by atoms with van der Waals surface area (Å²) in [5.41, 5.74) is 4.19. The summed E-state index contributed by atoms with van der Waals surface area (Å²) in [6.07, 6.45) is 3.59. The second-order valence-electron chi connectivity index (χ2n) is 7.84. The Hall–Kier alpha value is -4.00. The van der Waals surface area contributed by atoms with Gasteiger partial charge < -0.3 is 10.6 Å². The number of pyridine rings is 1. The van der Waals surface area contributed by atoms with Gasteiger partial charge in [-0.3, -0.25) is 19.5 Å². The Morgan fingerprint density at radius 1 is 1.09 bits per heavy atom. The number of benzene rings is 2. The van der Waals surface area contributed by atoms with Crippen molar-refractivity contribution in [3.8, 4) is 0 Å². The van der Waals surface area contributed by atoms with Gasteiger partial charge in [0.15, 0.2) is 0 Å². The molecule has 1 unspecified atom stereocenters. The summed E-state index contributed by atoms with van der Waals surface area (Å²) in [5, 5.41) is 5.77. The number of urea groups is 1. The first-order valence-corrected chi connectivity index (χ1v) is 10.4. The molecule has 1 atom stereocenters. The average molecular weight is 428 g/mol. The number of rotatable bonds is 6. The van der Waals surface area contributed by atoms with E-state index < -0.39 is 6.03 Å². The minimum absolute atomic E-state index is 0.156. The summed E-state index contributed by atoms with van der Waals surface area (Å²) in [6.45, 7) is 2.52. The first-order chi connectivity index (χ1) is 15.5. The van der Waals surface area contributed by atoms with E-state index in [1.807, 2.05) is 43.3 Å². The van der Waals surface area contributed by atoms with Crippen LogP contribution in [-0.2, 0) is 17.9 Å². The van der Waals surface area contributed by atoms with Crippen LogP contribution in [0.3, 0.4) is 0 Å². The van der Waals surface area contributed by atoms with E-state index >= 15 is 0 Å². The van der Waals surface area contributed by atoms with Crippen LogP contribution < -0.4 is 10.6 Å². The summed E-state index contributed by atoms with van der Waals surface area (Å²) in [5.74, 6) is -0.424. The van der Waals surface area contributed by atoms with Crippen molar-refractivity contribution in [2.75, 3.05) is 0 Å². The molecule has 0 aliphatic carbocycles. The van der Waals surface area contributed by atoms with E-state index in [0.29, 0.717) is 12.1 Å². The lowest BCUT2D eigenvalue weighted by Crippen LogP contribution is -2.50. The largest absolute Gasteiger partial charge is 0.348 e. The molecule has 0 bridgehead atoms. The number of imide groups is 1. The molecule has 2 N–H and O–H groups in total. The third kappa shape index (κ3) is 5.00. The van der Waals surface area contributed by atoms with Crippen molar-refractivity contribution in [2.45, 2.75) is 32.5 Å². The summed E-state index contributed by atoms with van der Waals surface area (Å²) >= 11 is 0. The standard InChI is InChI=1S/C25H24N4O3/c1-17-4-2-6-21(12-17)22-13-23(30)29(25(32)28-22)16-18-7-9-20(10-8-18)24(31)27-15-19-5-3-11-26-14-19/h2-12,14,22H,13,15-16H2,1H3,(H,27,31)(H,28,32). The van der Waals surface area contributed by atoms with Crippen molar-refractivity contribution < 1.29 is 14.4 Å². The number of aryl methyl sites for hydroxylation is 1. The zero-order valence-electron chi connectivity index (χ0n) is 17.7. The molecule has 4 rings (SSSR count). The molecule has 1 aromatic heterocycles. The summed E-state index contributed by atoms with van der Waals surface area (Å²) in [6, 6.07) is 17.7. The Morgan fingerprint density at radius 2 is 1.91 bits per heavy atom. The molecule has 0 saturated carbocycles. The van der Waals surface area contributed by atoms with Crippen molar-refractivity contribution >= 4 is 17.8 Å². The summed E-state index contributed by atoms with van der Waals surface area (Å²) in [4.78, 5) is 42.9. The van der Waals surface area contributed by atoms with Crippen LogP contribution >= 0.6 is 0 Å². The van der Waals surface area contributed by atoms with Crippen LogP contribution in [0.4, 0.5) is 4.79 Å². The van der Waals surface area contributed by atoms with Crippen molar-refractivity contribution in [1.29, 1.82) is 0 Å². The van der Waals surface area contributed by atoms with Gasteiger partial charge in [0.1, 0.15) is 0 Å². The molecule has 2 heterocycles. The molecule has 2 aromatic carbocycles. The van der Waals surface area contributed by atoms with Gasteiger partial charge in [0.2, 0.25) is 5.91 Å². The zero-order valence-corrected chi connectivity index (χ0v) is 17.7. The van der Waals surface area contributed by atoms with Crippen molar-refractivity contribution in [2.24, 2.45) is 0 Å². The predicted molar refractivity (Wildman–Crippen MR) is 119 cm³/mol. The molecule has 1 aliphatic rings. The molecule has 7 heteroatoms. The smallest absolute Gasteiger partial charge is 0.324 e. The highest BCUT2D eigenvalue weighted by atomic mass is 16.2. The molecule has 162 valence electrons. The van der Waals surface area contributed by atoms with Gasteiger partial charge in [0.25, 0.3) is 5.91 Å².